The summed E-state index contributed by atoms with van der Waals surface area (Å²) in [5, 5.41) is 12.2. The van der Waals surface area contributed by atoms with Gasteiger partial charge in [-0.25, -0.2) is 0 Å². The SMILES string of the molecule is O=C(NCCc1ccco1)c1ccc(Br)c(O)c1. The number of halogens is 1. The van der Waals surface area contributed by atoms with Crippen molar-refractivity contribution in [1.82, 2.24) is 5.32 Å². The van der Waals surface area contributed by atoms with Gasteiger partial charge in [-0.2, -0.15) is 0 Å². The number of nitrogens with one attached hydrogen (secondary N) is 1. The largest absolute Gasteiger partial charge is 0.507 e. The third-order valence-corrected chi connectivity index (χ3v) is 3.12. The quantitative estimate of drug-likeness (QED) is 0.913. The first-order chi connectivity index (χ1) is 8.66. The molecule has 0 unspecified atom stereocenters. The monoisotopic (exact) mass is 309 g/mol. The molecule has 5 heteroatoms. The van der Waals surface area contributed by atoms with Crippen molar-refractivity contribution in [2.24, 2.45) is 0 Å². The number of hydrogen-bond acceptors (Lipinski definition) is 3. The molecular formula is C13H12BrNO3. The van der Waals surface area contributed by atoms with E-state index in [1.807, 2.05) is 12.1 Å². The smallest absolute Gasteiger partial charge is 0.251 e. The van der Waals surface area contributed by atoms with Gasteiger partial charge in [0, 0.05) is 18.5 Å². The van der Waals surface area contributed by atoms with Crippen molar-refractivity contribution >= 4 is 21.8 Å². The summed E-state index contributed by atoms with van der Waals surface area (Å²) in [6.45, 7) is 0.489. The van der Waals surface area contributed by atoms with E-state index in [0.717, 1.165) is 5.76 Å². The molecule has 0 bridgehead atoms. The van der Waals surface area contributed by atoms with Gasteiger partial charge in [0.05, 0.1) is 10.7 Å². The van der Waals surface area contributed by atoms with Crippen LogP contribution in [0.5, 0.6) is 5.75 Å². The van der Waals surface area contributed by atoms with Crippen LogP contribution in [0, 0.1) is 0 Å². The molecule has 2 N–H and O–H groups in total. The summed E-state index contributed by atoms with van der Waals surface area (Å²) in [6.07, 6.45) is 2.24. The molecule has 2 aromatic rings. The Morgan fingerprint density at radius 1 is 1.39 bits per heavy atom. The maximum absolute atomic E-state index is 11.8. The zero-order valence-corrected chi connectivity index (χ0v) is 11.1. The Balaban J connectivity index is 1.89. The Labute approximate surface area is 113 Å². The highest BCUT2D eigenvalue weighted by Crippen LogP contribution is 2.24. The Morgan fingerprint density at radius 2 is 2.22 bits per heavy atom. The van der Waals surface area contributed by atoms with Crippen LogP contribution in [0.25, 0.3) is 0 Å². The van der Waals surface area contributed by atoms with Gasteiger partial charge in [0.2, 0.25) is 0 Å². The van der Waals surface area contributed by atoms with E-state index in [1.165, 1.54) is 6.07 Å². The van der Waals surface area contributed by atoms with E-state index in [9.17, 15) is 9.90 Å². The van der Waals surface area contributed by atoms with Crippen molar-refractivity contribution in [3.8, 4) is 5.75 Å². The maximum Gasteiger partial charge on any atom is 0.251 e. The second kappa shape index (κ2) is 5.73. The first-order valence-electron chi connectivity index (χ1n) is 5.46. The van der Waals surface area contributed by atoms with Crippen molar-refractivity contribution < 1.29 is 14.3 Å². The molecule has 0 aliphatic rings. The van der Waals surface area contributed by atoms with Gasteiger partial charge < -0.3 is 14.8 Å². The lowest BCUT2D eigenvalue weighted by Crippen LogP contribution is -2.25. The average Bonchev–Trinajstić information content (AvgIpc) is 2.85. The summed E-state index contributed by atoms with van der Waals surface area (Å²) < 4.78 is 5.72. The van der Waals surface area contributed by atoms with Crippen LogP contribution in [-0.2, 0) is 6.42 Å². The molecule has 1 amide bonds. The number of carbonyl (C=O) groups is 1. The number of furan rings is 1. The van der Waals surface area contributed by atoms with Crippen LogP contribution in [-0.4, -0.2) is 17.6 Å². The summed E-state index contributed by atoms with van der Waals surface area (Å²) >= 11 is 3.16. The highest BCUT2D eigenvalue weighted by molar-refractivity contribution is 9.10. The minimum absolute atomic E-state index is 0.0497. The van der Waals surface area contributed by atoms with Crippen molar-refractivity contribution in [2.45, 2.75) is 6.42 Å². The van der Waals surface area contributed by atoms with Crippen molar-refractivity contribution in [1.29, 1.82) is 0 Å². The van der Waals surface area contributed by atoms with Crippen molar-refractivity contribution in [3.05, 3.63) is 52.4 Å². The van der Waals surface area contributed by atoms with E-state index in [-0.39, 0.29) is 11.7 Å². The Hall–Kier alpha value is -1.75. The van der Waals surface area contributed by atoms with Gasteiger partial charge in [-0.3, -0.25) is 4.79 Å². The first kappa shape index (κ1) is 12.7. The molecule has 1 aromatic carbocycles. The fourth-order valence-electron chi connectivity index (χ4n) is 1.51. The summed E-state index contributed by atoms with van der Waals surface area (Å²) in [7, 11) is 0. The number of rotatable bonds is 4. The topological polar surface area (TPSA) is 62.5 Å². The zero-order valence-electron chi connectivity index (χ0n) is 9.52. The molecule has 4 nitrogen and oxygen atoms in total. The number of hydrogen-bond donors (Lipinski definition) is 2. The highest BCUT2D eigenvalue weighted by atomic mass is 79.9. The summed E-state index contributed by atoms with van der Waals surface area (Å²) in [4.78, 5) is 11.8. The molecular weight excluding hydrogens is 298 g/mol. The van der Waals surface area contributed by atoms with Crippen LogP contribution in [0.15, 0.2) is 45.5 Å². The van der Waals surface area contributed by atoms with Crippen LogP contribution in [0.2, 0.25) is 0 Å². The average molecular weight is 310 g/mol. The number of benzene rings is 1. The molecule has 18 heavy (non-hydrogen) atoms. The van der Waals surface area contributed by atoms with Gasteiger partial charge in [-0.1, -0.05) is 0 Å². The second-order valence-electron chi connectivity index (χ2n) is 3.75. The van der Waals surface area contributed by atoms with E-state index in [2.05, 4.69) is 21.2 Å². The first-order valence-corrected chi connectivity index (χ1v) is 6.25. The number of phenolic OH excluding ortho intramolecular Hbond substituents is 1. The highest BCUT2D eigenvalue weighted by Gasteiger charge is 2.07. The molecule has 0 radical (unpaired) electrons. The standard InChI is InChI=1S/C13H12BrNO3/c14-11-4-3-9(8-12(11)16)13(17)15-6-5-10-2-1-7-18-10/h1-4,7-8,16H,5-6H2,(H,15,17). The normalized spacial score (nSPS) is 10.3. The summed E-state index contributed by atoms with van der Waals surface area (Å²) in [6, 6.07) is 8.37. The molecule has 94 valence electrons. The molecule has 0 atom stereocenters. The summed E-state index contributed by atoms with van der Waals surface area (Å²) in [5.74, 6) is 0.659. The summed E-state index contributed by atoms with van der Waals surface area (Å²) in [5.41, 5.74) is 0.426. The Bertz CT molecular complexity index is 537. The van der Waals surface area contributed by atoms with Gasteiger partial charge in [0.1, 0.15) is 11.5 Å². The lowest BCUT2D eigenvalue weighted by molar-refractivity contribution is 0.0953. The van der Waals surface area contributed by atoms with E-state index in [4.69, 9.17) is 4.42 Å². The van der Waals surface area contributed by atoms with Crippen molar-refractivity contribution in [2.75, 3.05) is 6.54 Å². The van der Waals surface area contributed by atoms with Gasteiger partial charge in [0.15, 0.2) is 0 Å². The fraction of sp³-hybridized carbons (Fsp3) is 0.154. The maximum atomic E-state index is 11.8. The van der Waals surface area contributed by atoms with Crippen LogP contribution >= 0.6 is 15.9 Å². The fourth-order valence-corrected chi connectivity index (χ4v) is 1.76. The molecule has 0 fully saturated rings. The number of phenols is 1. The molecule has 0 spiro atoms. The van der Waals surface area contributed by atoms with E-state index >= 15 is 0 Å². The van der Waals surface area contributed by atoms with Gasteiger partial charge in [-0.05, 0) is 46.3 Å². The van der Waals surface area contributed by atoms with Crippen LogP contribution in [0.3, 0.4) is 0 Å². The lowest BCUT2D eigenvalue weighted by Gasteiger charge is -2.05. The number of aromatic hydroxyl groups is 1. The van der Waals surface area contributed by atoms with Gasteiger partial charge in [0.25, 0.3) is 5.91 Å². The molecule has 0 saturated carbocycles. The van der Waals surface area contributed by atoms with E-state index in [0.29, 0.717) is 23.0 Å². The molecule has 1 heterocycles. The third kappa shape index (κ3) is 3.13. The molecule has 0 saturated heterocycles. The minimum atomic E-state index is -0.218. The third-order valence-electron chi connectivity index (χ3n) is 2.45. The second-order valence-corrected chi connectivity index (χ2v) is 4.61. The van der Waals surface area contributed by atoms with Gasteiger partial charge in [-0.15, -0.1) is 0 Å². The van der Waals surface area contributed by atoms with Crippen LogP contribution in [0.4, 0.5) is 0 Å². The number of amides is 1. The molecule has 1 aromatic heterocycles. The minimum Gasteiger partial charge on any atom is -0.507 e. The molecule has 0 aliphatic heterocycles. The Kier molecular flexibility index (Phi) is 4.04. The predicted octanol–water partition coefficient (Wildman–Crippen LogP) is 2.72. The van der Waals surface area contributed by atoms with Gasteiger partial charge >= 0.3 is 0 Å². The van der Waals surface area contributed by atoms with Crippen molar-refractivity contribution in [3.63, 3.8) is 0 Å². The Morgan fingerprint density at radius 3 is 2.89 bits per heavy atom. The van der Waals surface area contributed by atoms with E-state index < -0.39 is 0 Å². The number of carbonyl (C=O) groups excluding carboxylic acids is 1. The lowest BCUT2D eigenvalue weighted by atomic mass is 10.2. The zero-order chi connectivity index (χ0) is 13.0. The van der Waals surface area contributed by atoms with E-state index in [1.54, 1.807) is 18.4 Å². The van der Waals surface area contributed by atoms with Crippen LogP contribution < -0.4 is 5.32 Å². The molecule has 0 aliphatic carbocycles. The predicted molar refractivity (Wildman–Crippen MR) is 70.6 cm³/mol. The van der Waals surface area contributed by atoms with Crippen LogP contribution in [0.1, 0.15) is 16.1 Å². The molecule has 2 rings (SSSR count).